The smallest absolute Gasteiger partial charge is 0.220 e. The van der Waals surface area contributed by atoms with E-state index in [9.17, 15) is 13.2 Å². The van der Waals surface area contributed by atoms with Crippen LogP contribution in [0.15, 0.2) is 23.1 Å². The number of sulfone groups is 1. The van der Waals surface area contributed by atoms with E-state index in [2.05, 4.69) is 11.8 Å². The highest BCUT2D eigenvalue weighted by atomic mass is 32.2. The Kier molecular flexibility index (Phi) is 2.17. The van der Waals surface area contributed by atoms with E-state index in [1.54, 1.807) is 0 Å². The lowest BCUT2D eigenvalue weighted by atomic mass is 9.97. The summed E-state index contributed by atoms with van der Waals surface area (Å²) >= 11 is 0. The van der Waals surface area contributed by atoms with E-state index < -0.39 is 15.6 Å². The second-order valence-corrected chi connectivity index (χ2v) is 5.39. The van der Waals surface area contributed by atoms with Crippen LogP contribution in [0.3, 0.4) is 0 Å². The van der Waals surface area contributed by atoms with Gasteiger partial charge >= 0.3 is 0 Å². The highest BCUT2D eigenvalue weighted by Gasteiger charge is 2.23. The van der Waals surface area contributed by atoms with Crippen LogP contribution in [-0.2, 0) is 9.84 Å². The Morgan fingerprint density at radius 2 is 1.94 bits per heavy atom. The van der Waals surface area contributed by atoms with E-state index in [0.717, 1.165) is 6.26 Å². The first-order valence-electron chi connectivity index (χ1n) is 4.39. The van der Waals surface area contributed by atoms with Gasteiger partial charge in [-0.3, -0.25) is 10.2 Å². The van der Waals surface area contributed by atoms with Gasteiger partial charge in [0.15, 0.2) is 15.5 Å². The summed E-state index contributed by atoms with van der Waals surface area (Å²) in [5.41, 5.74) is 0.0795. The molecule has 0 amide bonds. The molecule has 4 nitrogen and oxygen atoms in total. The predicted molar refractivity (Wildman–Crippen MR) is 58.5 cm³/mol. The number of fused-ring (bicyclic) bond motifs is 1. The minimum atomic E-state index is -3.41. The summed E-state index contributed by atoms with van der Waals surface area (Å²) in [5.74, 6) is 4.33. The largest absolute Gasteiger partial charge is 0.289 e. The quantitative estimate of drug-likeness (QED) is 0.724. The molecule has 16 heavy (non-hydrogen) atoms. The van der Waals surface area contributed by atoms with E-state index in [-0.39, 0.29) is 21.7 Å². The Morgan fingerprint density at radius 3 is 2.56 bits per heavy atom. The number of ketones is 1. The highest BCUT2D eigenvalue weighted by Crippen LogP contribution is 2.21. The Bertz CT molecular complexity index is 675. The van der Waals surface area contributed by atoms with Crippen molar-refractivity contribution in [3.05, 3.63) is 29.3 Å². The van der Waals surface area contributed by atoms with Gasteiger partial charge in [0.1, 0.15) is 0 Å². The molecular weight excluding hydrogens is 226 g/mol. The third-order valence-electron chi connectivity index (χ3n) is 2.21. The minimum absolute atomic E-state index is 0.0401. The maximum absolute atomic E-state index is 11.6. The molecule has 0 aliphatic heterocycles. The van der Waals surface area contributed by atoms with Crippen molar-refractivity contribution in [2.45, 2.75) is 4.90 Å². The zero-order valence-electron chi connectivity index (χ0n) is 8.37. The second kappa shape index (κ2) is 3.29. The number of Topliss-reactive ketones (excluding diaryl/α,β-unsaturated/α-hetero) is 1. The van der Waals surface area contributed by atoms with Gasteiger partial charge in [-0.25, -0.2) is 8.42 Å². The lowest BCUT2D eigenvalue weighted by molar-refractivity contribution is 0.106. The standard InChI is InChI=1S/C11H7NO3S/c1-16(14,15)10-4-2-3-8-7(10)5-6-9(12)11(8)13/h2-4,12H,1H3. The predicted octanol–water partition coefficient (Wildman–Crippen LogP) is 0.658. The van der Waals surface area contributed by atoms with Gasteiger partial charge < -0.3 is 0 Å². The fourth-order valence-electron chi connectivity index (χ4n) is 1.47. The molecule has 5 heteroatoms. The molecule has 2 rings (SSSR count). The van der Waals surface area contributed by atoms with E-state index in [1.807, 2.05) is 0 Å². The molecule has 0 spiro atoms. The van der Waals surface area contributed by atoms with E-state index in [1.165, 1.54) is 18.2 Å². The van der Waals surface area contributed by atoms with Gasteiger partial charge in [0.2, 0.25) is 5.78 Å². The van der Waals surface area contributed by atoms with Crippen molar-refractivity contribution in [2.24, 2.45) is 0 Å². The molecule has 1 N–H and O–H groups in total. The zero-order valence-corrected chi connectivity index (χ0v) is 9.18. The fraction of sp³-hybridized carbons (Fsp3) is 0.0909. The van der Waals surface area contributed by atoms with Crippen LogP contribution in [0.5, 0.6) is 0 Å². The van der Waals surface area contributed by atoms with Crippen LogP contribution >= 0.6 is 0 Å². The van der Waals surface area contributed by atoms with Gasteiger partial charge in [0.05, 0.1) is 10.5 Å². The van der Waals surface area contributed by atoms with Crippen LogP contribution in [0.1, 0.15) is 15.9 Å². The third-order valence-corrected chi connectivity index (χ3v) is 3.35. The van der Waals surface area contributed by atoms with E-state index >= 15 is 0 Å². The lowest BCUT2D eigenvalue weighted by Crippen LogP contribution is -2.18. The monoisotopic (exact) mass is 233 g/mol. The van der Waals surface area contributed by atoms with Gasteiger partial charge in [-0.1, -0.05) is 12.0 Å². The second-order valence-electron chi connectivity index (χ2n) is 3.40. The molecule has 1 aromatic carbocycles. The van der Waals surface area contributed by atoms with Crippen molar-refractivity contribution in [3.63, 3.8) is 0 Å². The number of hydrogen-bond acceptors (Lipinski definition) is 4. The van der Waals surface area contributed by atoms with Crippen molar-refractivity contribution < 1.29 is 13.2 Å². The van der Waals surface area contributed by atoms with Crippen LogP contribution in [0, 0.1) is 17.3 Å². The number of benzene rings is 1. The molecule has 0 saturated heterocycles. The highest BCUT2D eigenvalue weighted by molar-refractivity contribution is 7.90. The van der Waals surface area contributed by atoms with Crippen LogP contribution < -0.4 is 0 Å². The number of nitrogens with one attached hydrogen (secondary N) is 1. The number of rotatable bonds is 1. The SMILES string of the molecule is CS(=O)(=O)c1cccc2c1C#CC(=N)C2=O. The molecule has 1 aliphatic rings. The summed E-state index contributed by atoms with van der Waals surface area (Å²) in [4.78, 5) is 11.6. The molecule has 0 bridgehead atoms. The van der Waals surface area contributed by atoms with E-state index in [0.29, 0.717) is 0 Å². The summed E-state index contributed by atoms with van der Waals surface area (Å²) < 4.78 is 22.9. The number of carbonyl (C=O) groups is 1. The van der Waals surface area contributed by atoms with Crippen LogP contribution in [-0.4, -0.2) is 26.2 Å². The molecule has 0 unspecified atom stereocenters. The molecule has 1 aliphatic carbocycles. The lowest BCUT2D eigenvalue weighted by Gasteiger charge is -2.10. The summed E-state index contributed by atoms with van der Waals surface area (Å²) in [5, 5.41) is 7.28. The third kappa shape index (κ3) is 1.53. The van der Waals surface area contributed by atoms with Crippen molar-refractivity contribution >= 4 is 21.3 Å². The first kappa shape index (κ1) is 10.6. The van der Waals surface area contributed by atoms with Gasteiger partial charge in [-0.15, -0.1) is 0 Å². The first-order chi connectivity index (χ1) is 7.41. The summed E-state index contributed by atoms with van der Waals surface area (Å²) in [7, 11) is -3.41. The number of carbonyl (C=O) groups excluding carboxylic acids is 1. The molecule has 0 aromatic heterocycles. The molecule has 0 atom stereocenters. The van der Waals surface area contributed by atoms with Crippen molar-refractivity contribution in [1.29, 1.82) is 5.41 Å². The normalized spacial score (nSPS) is 14.1. The van der Waals surface area contributed by atoms with Gasteiger partial charge in [-0.2, -0.15) is 0 Å². The maximum Gasteiger partial charge on any atom is 0.220 e. The Balaban J connectivity index is 2.84. The molecule has 1 aromatic rings. The Labute approximate surface area is 92.7 Å². The first-order valence-corrected chi connectivity index (χ1v) is 6.29. The maximum atomic E-state index is 11.6. The van der Waals surface area contributed by atoms with Crippen LogP contribution in [0.25, 0.3) is 0 Å². The molecule has 0 heterocycles. The Morgan fingerprint density at radius 1 is 1.25 bits per heavy atom. The molecule has 0 radical (unpaired) electrons. The topological polar surface area (TPSA) is 75.1 Å². The summed E-state index contributed by atoms with van der Waals surface area (Å²) in [6.07, 6.45) is 1.06. The average molecular weight is 233 g/mol. The Hall–Kier alpha value is -1.93. The van der Waals surface area contributed by atoms with Crippen molar-refractivity contribution in [1.82, 2.24) is 0 Å². The zero-order chi connectivity index (χ0) is 11.9. The summed E-state index contributed by atoms with van der Waals surface area (Å²) in [6.45, 7) is 0. The van der Waals surface area contributed by atoms with Crippen molar-refractivity contribution in [2.75, 3.05) is 6.26 Å². The number of hydrogen-bond donors (Lipinski definition) is 1. The molecule has 80 valence electrons. The van der Waals surface area contributed by atoms with Gasteiger partial charge in [0.25, 0.3) is 0 Å². The van der Waals surface area contributed by atoms with Crippen LogP contribution in [0.2, 0.25) is 0 Å². The molecule has 0 fully saturated rings. The summed E-state index contributed by atoms with van der Waals surface area (Å²) in [6, 6.07) is 4.37. The fourth-order valence-corrected chi connectivity index (χ4v) is 2.33. The van der Waals surface area contributed by atoms with E-state index in [4.69, 9.17) is 5.41 Å². The van der Waals surface area contributed by atoms with Crippen molar-refractivity contribution in [3.8, 4) is 11.8 Å². The van der Waals surface area contributed by atoms with Crippen LogP contribution in [0.4, 0.5) is 0 Å². The van der Waals surface area contributed by atoms with Gasteiger partial charge in [0, 0.05) is 11.8 Å². The average Bonchev–Trinajstić information content (AvgIpc) is 2.21. The minimum Gasteiger partial charge on any atom is -0.289 e. The van der Waals surface area contributed by atoms with Gasteiger partial charge in [-0.05, 0) is 18.1 Å². The molecular formula is C11H7NO3S. The molecule has 0 saturated carbocycles.